The van der Waals surface area contributed by atoms with Crippen LogP contribution in [0.15, 0.2) is 23.2 Å². The maximum Gasteiger partial charge on any atom is 0.191 e. The van der Waals surface area contributed by atoms with Crippen molar-refractivity contribution in [1.82, 2.24) is 15.5 Å². The number of aryl methyl sites for hydroxylation is 1. The molecule has 156 valence electrons. The van der Waals surface area contributed by atoms with Crippen LogP contribution in [0.2, 0.25) is 0 Å². The molecule has 0 saturated carbocycles. The van der Waals surface area contributed by atoms with Gasteiger partial charge in [-0.1, -0.05) is 18.6 Å². The van der Waals surface area contributed by atoms with Crippen molar-refractivity contribution in [1.29, 1.82) is 0 Å². The molecule has 1 atom stereocenters. The van der Waals surface area contributed by atoms with E-state index in [0.29, 0.717) is 12.5 Å². The number of aliphatic imine (C=N–C) groups is 1. The zero-order valence-electron chi connectivity index (χ0n) is 17.5. The van der Waals surface area contributed by atoms with Crippen molar-refractivity contribution in [2.75, 3.05) is 53.0 Å². The Labute approximate surface area is 169 Å². The standard InChI is InChI=1S/C22H36N4O2/c1-18-6-7-20(21(14-18)28-17-19-8-13-27-16-19)15-25-22(23-2)24-9-12-26-10-4-3-5-11-26/h6-7,14,19H,3-5,8-13,15-17H2,1-2H3,(H2,23,24,25). The zero-order valence-corrected chi connectivity index (χ0v) is 17.5. The number of likely N-dealkylation sites (tertiary alicyclic amines) is 1. The molecule has 2 heterocycles. The SMILES string of the molecule is CN=C(NCCN1CCCCC1)NCc1ccc(C)cc1OCC1CCOC1. The van der Waals surface area contributed by atoms with Gasteiger partial charge in [-0.25, -0.2) is 0 Å². The lowest BCUT2D eigenvalue weighted by atomic mass is 10.1. The summed E-state index contributed by atoms with van der Waals surface area (Å²) in [5, 5.41) is 6.86. The molecule has 0 bridgehead atoms. The van der Waals surface area contributed by atoms with Gasteiger partial charge in [0.25, 0.3) is 0 Å². The van der Waals surface area contributed by atoms with E-state index in [1.165, 1.54) is 37.9 Å². The van der Waals surface area contributed by atoms with Crippen LogP contribution in [-0.4, -0.2) is 63.9 Å². The summed E-state index contributed by atoms with van der Waals surface area (Å²) >= 11 is 0. The first-order valence-electron chi connectivity index (χ1n) is 10.7. The molecule has 1 unspecified atom stereocenters. The topological polar surface area (TPSA) is 58.1 Å². The third-order valence-electron chi connectivity index (χ3n) is 5.56. The Morgan fingerprint density at radius 1 is 1.25 bits per heavy atom. The van der Waals surface area contributed by atoms with Crippen molar-refractivity contribution in [3.63, 3.8) is 0 Å². The minimum absolute atomic E-state index is 0.505. The quantitative estimate of drug-likeness (QED) is 0.529. The van der Waals surface area contributed by atoms with E-state index in [1.807, 2.05) is 7.05 Å². The van der Waals surface area contributed by atoms with Gasteiger partial charge in [0.05, 0.1) is 13.2 Å². The lowest BCUT2D eigenvalue weighted by Crippen LogP contribution is -2.42. The lowest BCUT2D eigenvalue weighted by Gasteiger charge is -2.26. The zero-order chi connectivity index (χ0) is 19.6. The van der Waals surface area contributed by atoms with E-state index in [2.05, 4.69) is 45.6 Å². The van der Waals surface area contributed by atoms with E-state index in [4.69, 9.17) is 9.47 Å². The smallest absolute Gasteiger partial charge is 0.191 e. The molecule has 0 aliphatic carbocycles. The molecule has 2 saturated heterocycles. The van der Waals surface area contributed by atoms with Gasteiger partial charge >= 0.3 is 0 Å². The highest BCUT2D eigenvalue weighted by Gasteiger charge is 2.17. The largest absolute Gasteiger partial charge is 0.493 e. The predicted octanol–water partition coefficient (Wildman–Crippen LogP) is 2.56. The van der Waals surface area contributed by atoms with Crippen LogP contribution in [0.1, 0.15) is 36.8 Å². The van der Waals surface area contributed by atoms with Crippen LogP contribution in [0.5, 0.6) is 5.75 Å². The lowest BCUT2D eigenvalue weighted by molar-refractivity contribution is 0.166. The molecule has 2 fully saturated rings. The van der Waals surface area contributed by atoms with Crippen molar-refractivity contribution < 1.29 is 9.47 Å². The summed E-state index contributed by atoms with van der Waals surface area (Å²) in [6.45, 7) is 9.63. The molecule has 28 heavy (non-hydrogen) atoms. The van der Waals surface area contributed by atoms with Gasteiger partial charge in [0.2, 0.25) is 0 Å². The number of benzene rings is 1. The molecular weight excluding hydrogens is 352 g/mol. The number of hydrogen-bond acceptors (Lipinski definition) is 4. The van der Waals surface area contributed by atoms with Gasteiger partial charge < -0.3 is 25.0 Å². The summed E-state index contributed by atoms with van der Waals surface area (Å²) in [7, 11) is 1.82. The third-order valence-corrected chi connectivity index (χ3v) is 5.56. The molecule has 1 aromatic carbocycles. The molecule has 2 aliphatic rings. The summed E-state index contributed by atoms with van der Waals surface area (Å²) in [6, 6.07) is 6.40. The molecule has 6 heteroatoms. The highest BCUT2D eigenvalue weighted by atomic mass is 16.5. The normalized spacial score (nSPS) is 20.9. The first-order chi connectivity index (χ1) is 13.7. The van der Waals surface area contributed by atoms with Gasteiger partial charge in [0.15, 0.2) is 5.96 Å². The second-order valence-corrected chi connectivity index (χ2v) is 7.91. The van der Waals surface area contributed by atoms with Crippen molar-refractivity contribution >= 4 is 5.96 Å². The number of nitrogens with one attached hydrogen (secondary N) is 2. The fraction of sp³-hybridized carbons (Fsp3) is 0.682. The van der Waals surface area contributed by atoms with E-state index in [0.717, 1.165) is 56.6 Å². The summed E-state index contributed by atoms with van der Waals surface area (Å²) < 4.78 is 11.6. The summed E-state index contributed by atoms with van der Waals surface area (Å²) in [5.74, 6) is 2.31. The van der Waals surface area contributed by atoms with Crippen LogP contribution in [0.25, 0.3) is 0 Å². The number of rotatable bonds is 8. The molecular formula is C22H36N4O2. The number of piperidine rings is 1. The predicted molar refractivity (Wildman–Crippen MR) is 114 cm³/mol. The molecule has 6 nitrogen and oxygen atoms in total. The fourth-order valence-corrected chi connectivity index (χ4v) is 3.78. The van der Waals surface area contributed by atoms with Gasteiger partial charge in [-0.05, 0) is 50.9 Å². The maximum absolute atomic E-state index is 6.14. The van der Waals surface area contributed by atoms with E-state index in [9.17, 15) is 0 Å². The summed E-state index contributed by atoms with van der Waals surface area (Å²) in [6.07, 6.45) is 5.13. The van der Waals surface area contributed by atoms with Gasteiger partial charge in [-0.2, -0.15) is 0 Å². The Morgan fingerprint density at radius 2 is 2.11 bits per heavy atom. The minimum atomic E-state index is 0.505. The van der Waals surface area contributed by atoms with Crippen LogP contribution in [-0.2, 0) is 11.3 Å². The summed E-state index contributed by atoms with van der Waals surface area (Å²) in [5.41, 5.74) is 2.37. The average Bonchev–Trinajstić information content (AvgIpc) is 3.24. The highest BCUT2D eigenvalue weighted by Crippen LogP contribution is 2.22. The Morgan fingerprint density at radius 3 is 2.86 bits per heavy atom. The van der Waals surface area contributed by atoms with Gasteiger partial charge in [-0.15, -0.1) is 0 Å². The van der Waals surface area contributed by atoms with Crippen LogP contribution in [0, 0.1) is 12.8 Å². The van der Waals surface area contributed by atoms with Crippen LogP contribution in [0.3, 0.4) is 0 Å². The fourth-order valence-electron chi connectivity index (χ4n) is 3.78. The first-order valence-corrected chi connectivity index (χ1v) is 10.7. The average molecular weight is 389 g/mol. The van der Waals surface area contributed by atoms with E-state index >= 15 is 0 Å². The van der Waals surface area contributed by atoms with E-state index < -0.39 is 0 Å². The molecule has 1 aromatic rings. The van der Waals surface area contributed by atoms with Crippen LogP contribution < -0.4 is 15.4 Å². The Balaban J connectivity index is 1.46. The Bertz CT molecular complexity index is 623. The maximum atomic E-state index is 6.14. The third kappa shape index (κ3) is 6.67. The van der Waals surface area contributed by atoms with Crippen molar-refractivity contribution in [3.8, 4) is 5.75 Å². The van der Waals surface area contributed by atoms with Crippen molar-refractivity contribution in [3.05, 3.63) is 29.3 Å². The second kappa shape index (κ2) is 11.3. The van der Waals surface area contributed by atoms with E-state index in [-0.39, 0.29) is 0 Å². The van der Waals surface area contributed by atoms with Gasteiger partial charge in [-0.3, -0.25) is 4.99 Å². The van der Waals surface area contributed by atoms with Crippen LogP contribution >= 0.6 is 0 Å². The molecule has 2 N–H and O–H groups in total. The Hall–Kier alpha value is -1.79. The Kier molecular flexibility index (Phi) is 8.42. The molecule has 3 rings (SSSR count). The number of ether oxygens (including phenoxy) is 2. The number of guanidine groups is 1. The van der Waals surface area contributed by atoms with Gasteiger partial charge in [0, 0.05) is 44.8 Å². The second-order valence-electron chi connectivity index (χ2n) is 7.91. The van der Waals surface area contributed by atoms with Crippen molar-refractivity contribution in [2.24, 2.45) is 10.9 Å². The van der Waals surface area contributed by atoms with Crippen molar-refractivity contribution in [2.45, 2.75) is 39.2 Å². The monoisotopic (exact) mass is 388 g/mol. The molecule has 0 spiro atoms. The number of hydrogen-bond donors (Lipinski definition) is 2. The number of nitrogens with zero attached hydrogens (tertiary/aromatic N) is 2. The minimum Gasteiger partial charge on any atom is -0.493 e. The van der Waals surface area contributed by atoms with E-state index in [1.54, 1.807) is 0 Å². The van der Waals surface area contributed by atoms with Crippen LogP contribution in [0.4, 0.5) is 0 Å². The van der Waals surface area contributed by atoms with Gasteiger partial charge in [0.1, 0.15) is 5.75 Å². The molecule has 0 aromatic heterocycles. The molecule has 0 amide bonds. The highest BCUT2D eigenvalue weighted by molar-refractivity contribution is 5.79. The first kappa shape index (κ1) is 20.9. The summed E-state index contributed by atoms with van der Waals surface area (Å²) in [4.78, 5) is 6.89. The molecule has 2 aliphatic heterocycles. The molecule has 0 radical (unpaired) electrons.